The average Bonchev–Trinajstić information content (AvgIpc) is 2.94. The predicted octanol–water partition coefficient (Wildman–Crippen LogP) is 2.79. The van der Waals surface area contributed by atoms with Crippen molar-refractivity contribution in [3.8, 4) is 0 Å². The van der Waals surface area contributed by atoms with Crippen LogP contribution < -0.4 is 5.32 Å². The van der Waals surface area contributed by atoms with Gasteiger partial charge in [-0.2, -0.15) is 5.10 Å². The van der Waals surface area contributed by atoms with Crippen LogP contribution in [0.15, 0.2) is 36.4 Å². The number of piperidine rings is 1. The van der Waals surface area contributed by atoms with Crippen molar-refractivity contribution in [3.63, 3.8) is 0 Å². The van der Waals surface area contributed by atoms with Crippen molar-refractivity contribution >= 4 is 17.6 Å². The van der Waals surface area contributed by atoms with Crippen LogP contribution in [0.3, 0.4) is 0 Å². The van der Waals surface area contributed by atoms with Crippen molar-refractivity contribution in [2.75, 3.05) is 18.4 Å². The molecule has 0 aliphatic carbocycles. The van der Waals surface area contributed by atoms with E-state index in [2.05, 4.69) is 24.3 Å². The Bertz CT molecular complexity index is 759. The van der Waals surface area contributed by atoms with Gasteiger partial charge in [0.1, 0.15) is 5.82 Å². The minimum absolute atomic E-state index is 0.0748. The number of hydrogen-bond acceptors (Lipinski definition) is 3. The predicted molar refractivity (Wildman–Crippen MR) is 96.5 cm³/mol. The third-order valence-corrected chi connectivity index (χ3v) is 4.53. The van der Waals surface area contributed by atoms with Crippen molar-refractivity contribution in [2.24, 2.45) is 18.9 Å². The molecule has 1 saturated heterocycles. The first-order chi connectivity index (χ1) is 11.9. The number of anilines is 1. The smallest absolute Gasteiger partial charge is 0.274 e. The lowest BCUT2D eigenvalue weighted by molar-refractivity contribution is 0.0616. The Kier molecular flexibility index (Phi) is 4.88. The maximum absolute atomic E-state index is 12.7. The molecule has 3 rings (SSSR count). The third kappa shape index (κ3) is 3.90. The quantitative estimate of drug-likeness (QED) is 0.934. The molecule has 1 N–H and O–H groups in total. The van der Waals surface area contributed by atoms with Crippen LogP contribution in [0, 0.1) is 11.8 Å². The molecule has 0 bridgehead atoms. The summed E-state index contributed by atoms with van der Waals surface area (Å²) < 4.78 is 1.53. The van der Waals surface area contributed by atoms with Gasteiger partial charge in [0.15, 0.2) is 5.69 Å². The Morgan fingerprint density at radius 1 is 1.12 bits per heavy atom. The fourth-order valence-corrected chi connectivity index (χ4v) is 3.46. The molecule has 2 aromatic rings. The molecule has 2 heterocycles. The molecule has 6 nitrogen and oxygen atoms in total. The number of carbonyl (C=O) groups is 2. The number of aryl methyl sites for hydroxylation is 1. The summed E-state index contributed by atoms with van der Waals surface area (Å²) in [5, 5.41) is 7.11. The third-order valence-electron chi connectivity index (χ3n) is 4.53. The van der Waals surface area contributed by atoms with Gasteiger partial charge in [-0.15, -0.1) is 0 Å². The second kappa shape index (κ2) is 7.09. The molecule has 0 spiro atoms. The lowest BCUT2D eigenvalue weighted by atomic mass is 9.92. The van der Waals surface area contributed by atoms with E-state index in [0.29, 0.717) is 28.9 Å². The van der Waals surface area contributed by atoms with E-state index >= 15 is 0 Å². The van der Waals surface area contributed by atoms with E-state index < -0.39 is 0 Å². The van der Waals surface area contributed by atoms with E-state index in [1.165, 1.54) is 4.68 Å². The van der Waals surface area contributed by atoms with E-state index in [9.17, 15) is 9.59 Å². The summed E-state index contributed by atoms with van der Waals surface area (Å²) >= 11 is 0. The van der Waals surface area contributed by atoms with Gasteiger partial charge in [0.2, 0.25) is 0 Å². The molecular formula is C19H24N4O2. The number of amides is 2. The Morgan fingerprint density at radius 2 is 1.76 bits per heavy atom. The molecule has 25 heavy (non-hydrogen) atoms. The Labute approximate surface area is 147 Å². The highest BCUT2D eigenvalue weighted by atomic mass is 16.2. The minimum atomic E-state index is -0.220. The molecule has 1 aliphatic rings. The zero-order chi connectivity index (χ0) is 18.0. The minimum Gasteiger partial charge on any atom is -0.337 e. The molecular weight excluding hydrogens is 316 g/mol. The van der Waals surface area contributed by atoms with Crippen LogP contribution in [0.1, 0.15) is 41.1 Å². The zero-order valence-electron chi connectivity index (χ0n) is 14.9. The molecule has 132 valence electrons. The summed E-state index contributed by atoms with van der Waals surface area (Å²) in [6.45, 7) is 5.84. The number of carbonyl (C=O) groups excluding carboxylic acids is 2. The number of aromatic nitrogens is 2. The molecule has 2 atom stereocenters. The van der Waals surface area contributed by atoms with E-state index in [0.717, 1.165) is 19.5 Å². The van der Waals surface area contributed by atoms with Crippen molar-refractivity contribution in [1.82, 2.24) is 14.7 Å². The van der Waals surface area contributed by atoms with Gasteiger partial charge < -0.3 is 10.2 Å². The van der Waals surface area contributed by atoms with Gasteiger partial charge in [0, 0.05) is 31.8 Å². The topological polar surface area (TPSA) is 67.2 Å². The average molecular weight is 340 g/mol. The molecule has 0 radical (unpaired) electrons. The second-order valence-electron chi connectivity index (χ2n) is 7.01. The summed E-state index contributed by atoms with van der Waals surface area (Å²) in [5.74, 6) is 1.20. The summed E-state index contributed by atoms with van der Waals surface area (Å²) in [4.78, 5) is 26.9. The van der Waals surface area contributed by atoms with Gasteiger partial charge in [0.25, 0.3) is 11.8 Å². The van der Waals surface area contributed by atoms with Crippen LogP contribution in [0.2, 0.25) is 0 Å². The monoisotopic (exact) mass is 340 g/mol. The van der Waals surface area contributed by atoms with Crippen LogP contribution in [-0.4, -0.2) is 39.6 Å². The Morgan fingerprint density at radius 3 is 2.40 bits per heavy atom. The highest BCUT2D eigenvalue weighted by Gasteiger charge is 2.28. The van der Waals surface area contributed by atoms with E-state index in [-0.39, 0.29) is 11.8 Å². The SMILES string of the molecule is C[C@@H]1C[C@@H](C)CN(C(=O)c2cc(NC(=O)c3ccccc3)n(C)n2)C1. The molecule has 1 fully saturated rings. The lowest BCUT2D eigenvalue weighted by Crippen LogP contribution is -2.42. The van der Waals surface area contributed by atoms with Crippen molar-refractivity contribution in [1.29, 1.82) is 0 Å². The number of likely N-dealkylation sites (tertiary alicyclic amines) is 1. The van der Waals surface area contributed by atoms with E-state index in [1.54, 1.807) is 25.2 Å². The van der Waals surface area contributed by atoms with Gasteiger partial charge in [-0.3, -0.25) is 14.3 Å². The molecule has 1 aromatic heterocycles. The maximum atomic E-state index is 12.7. The molecule has 1 aliphatic heterocycles. The standard InChI is InChI=1S/C19H24N4O2/c1-13-9-14(2)12-23(11-13)19(25)16-10-17(22(3)21-16)20-18(24)15-7-5-4-6-8-15/h4-8,10,13-14H,9,11-12H2,1-3H3,(H,20,24)/t13-,14-/m1/s1. The molecule has 2 amide bonds. The van der Waals surface area contributed by atoms with Gasteiger partial charge in [-0.25, -0.2) is 0 Å². The van der Waals surface area contributed by atoms with Gasteiger partial charge in [0.05, 0.1) is 0 Å². The Hall–Kier alpha value is -2.63. The first-order valence-electron chi connectivity index (χ1n) is 8.63. The highest BCUT2D eigenvalue weighted by Crippen LogP contribution is 2.23. The van der Waals surface area contributed by atoms with Crippen molar-refractivity contribution in [2.45, 2.75) is 20.3 Å². The van der Waals surface area contributed by atoms with Gasteiger partial charge in [-0.05, 0) is 30.4 Å². The fraction of sp³-hybridized carbons (Fsp3) is 0.421. The van der Waals surface area contributed by atoms with Crippen LogP contribution >= 0.6 is 0 Å². The summed E-state index contributed by atoms with van der Waals surface area (Å²) in [6.07, 6.45) is 1.14. The van der Waals surface area contributed by atoms with E-state index in [4.69, 9.17) is 0 Å². The van der Waals surface area contributed by atoms with Crippen LogP contribution in [-0.2, 0) is 7.05 Å². The maximum Gasteiger partial charge on any atom is 0.274 e. The van der Waals surface area contributed by atoms with Gasteiger partial charge >= 0.3 is 0 Å². The Balaban J connectivity index is 1.73. The normalized spacial score (nSPS) is 20.4. The fourth-order valence-electron chi connectivity index (χ4n) is 3.46. The zero-order valence-corrected chi connectivity index (χ0v) is 14.9. The lowest BCUT2D eigenvalue weighted by Gasteiger charge is -2.34. The first-order valence-corrected chi connectivity index (χ1v) is 8.63. The van der Waals surface area contributed by atoms with Crippen LogP contribution in [0.25, 0.3) is 0 Å². The summed E-state index contributed by atoms with van der Waals surface area (Å²) in [5.41, 5.74) is 0.933. The molecule has 0 saturated carbocycles. The number of nitrogens with one attached hydrogen (secondary N) is 1. The number of nitrogens with zero attached hydrogens (tertiary/aromatic N) is 3. The number of hydrogen-bond donors (Lipinski definition) is 1. The number of rotatable bonds is 3. The number of benzene rings is 1. The summed E-state index contributed by atoms with van der Waals surface area (Å²) in [6, 6.07) is 10.6. The molecule has 1 aromatic carbocycles. The summed E-state index contributed by atoms with van der Waals surface area (Å²) in [7, 11) is 1.72. The van der Waals surface area contributed by atoms with Crippen molar-refractivity contribution in [3.05, 3.63) is 47.7 Å². The van der Waals surface area contributed by atoms with Crippen molar-refractivity contribution < 1.29 is 9.59 Å². The van der Waals surface area contributed by atoms with Gasteiger partial charge in [-0.1, -0.05) is 32.0 Å². The second-order valence-corrected chi connectivity index (χ2v) is 7.01. The molecule has 6 heteroatoms. The largest absolute Gasteiger partial charge is 0.337 e. The van der Waals surface area contributed by atoms with Crippen LogP contribution in [0.4, 0.5) is 5.82 Å². The van der Waals surface area contributed by atoms with E-state index in [1.807, 2.05) is 23.1 Å². The first kappa shape index (κ1) is 17.2. The highest BCUT2D eigenvalue weighted by molar-refractivity contribution is 6.04. The van der Waals surface area contributed by atoms with Crippen LogP contribution in [0.5, 0.6) is 0 Å². The molecule has 0 unspecified atom stereocenters.